The molecule has 1 N–H and O–H groups in total. The van der Waals surface area contributed by atoms with Gasteiger partial charge in [0.05, 0.1) is 5.69 Å². The van der Waals surface area contributed by atoms with Gasteiger partial charge in [-0.25, -0.2) is 0 Å². The van der Waals surface area contributed by atoms with Crippen LogP contribution in [0.4, 0.5) is 0 Å². The first-order valence-corrected chi connectivity index (χ1v) is 7.38. The van der Waals surface area contributed by atoms with Crippen LogP contribution in [0.25, 0.3) is 0 Å². The molecular weight excluding hydrogens is 295 g/mol. The van der Waals surface area contributed by atoms with Crippen molar-refractivity contribution >= 4 is 23.2 Å². The fourth-order valence-electron chi connectivity index (χ4n) is 2.24. The van der Waals surface area contributed by atoms with E-state index in [1.54, 1.807) is 6.07 Å². The average Bonchev–Trinajstić information content (AvgIpc) is 2.72. The Balaban J connectivity index is 2.13. The Bertz CT molecular complexity index is 576. The van der Waals surface area contributed by atoms with Crippen LogP contribution in [0.1, 0.15) is 42.0 Å². The van der Waals surface area contributed by atoms with Crippen molar-refractivity contribution < 1.29 is 4.52 Å². The summed E-state index contributed by atoms with van der Waals surface area (Å²) in [6.45, 7) is 6.70. The van der Waals surface area contributed by atoms with Gasteiger partial charge in [-0.15, -0.1) is 0 Å². The van der Waals surface area contributed by atoms with Gasteiger partial charge >= 0.3 is 0 Å². The van der Waals surface area contributed by atoms with Crippen LogP contribution in [0, 0.1) is 13.8 Å². The zero-order valence-corrected chi connectivity index (χ0v) is 13.3. The minimum Gasteiger partial charge on any atom is -0.361 e. The summed E-state index contributed by atoms with van der Waals surface area (Å²) in [5.74, 6) is 0.854. The highest BCUT2D eigenvalue weighted by Gasteiger charge is 2.15. The quantitative estimate of drug-likeness (QED) is 0.858. The van der Waals surface area contributed by atoms with E-state index in [1.807, 2.05) is 26.0 Å². The van der Waals surface area contributed by atoms with Gasteiger partial charge in [-0.2, -0.15) is 0 Å². The van der Waals surface area contributed by atoms with Crippen molar-refractivity contribution in [1.29, 1.82) is 0 Å². The lowest BCUT2D eigenvalue weighted by Crippen LogP contribution is -2.21. The van der Waals surface area contributed by atoms with Crippen LogP contribution in [0.2, 0.25) is 10.0 Å². The van der Waals surface area contributed by atoms with Gasteiger partial charge < -0.3 is 9.84 Å². The molecule has 0 fully saturated rings. The van der Waals surface area contributed by atoms with Crippen LogP contribution >= 0.6 is 23.2 Å². The Hall–Kier alpha value is -1.03. The third-order valence-electron chi connectivity index (χ3n) is 3.45. The molecule has 0 radical (unpaired) electrons. The number of aryl methyl sites for hydroxylation is 2. The van der Waals surface area contributed by atoms with E-state index in [9.17, 15) is 0 Å². The third-order valence-corrected chi connectivity index (χ3v) is 4.02. The molecule has 1 aromatic carbocycles. The predicted octanol–water partition coefficient (Wildman–Crippen LogP) is 4.84. The highest BCUT2D eigenvalue weighted by Crippen LogP contribution is 2.28. The highest BCUT2D eigenvalue weighted by molar-refractivity contribution is 6.35. The predicted molar refractivity (Wildman–Crippen MR) is 82.3 cm³/mol. The van der Waals surface area contributed by atoms with Crippen molar-refractivity contribution in [2.75, 3.05) is 0 Å². The molecule has 0 spiro atoms. The molecule has 1 unspecified atom stereocenters. The number of rotatable bonds is 5. The number of halogens is 2. The maximum Gasteiger partial charge on any atom is 0.138 e. The van der Waals surface area contributed by atoms with E-state index in [4.69, 9.17) is 27.7 Å². The van der Waals surface area contributed by atoms with Crippen molar-refractivity contribution in [3.63, 3.8) is 0 Å². The molecule has 2 aromatic rings. The fraction of sp³-hybridized carbons (Fsp3) is 0.400. The van der Waals surface area contributed by atoms with Gasteiger partial charge in [0.2, 0.25) is 0 Å². The first kappa shape index (κ1) is 15.4. The van der Waals surface area contributed by atoms with Crippen LogP contribution in [-0.4, -0.2) is 5.16 Å². The molecule has 0 amide bonds. The van der Waals surface area contributed by atoms with Crippen LogP contribution in [0.15, 0.2) is 22.7 Å². The minimum atomic E-state index is 0.175. The van der Waals surface area contributed by atoms with Crippen molar-refractivity contribution in [3.8, 4) is 0 Å². The van der Waals surface area contributed by atoms with E-state index in [-0.39, 0.29) is 6.04 Å². The summed E-state index contributed by atoms with van der Waals surface area (Å²) >= 11 is 12.2. The summed E-state index contributed by atoms with van der Waals surface area (Å²) in [6.07, 6.45) is 0.935. The van der Waals surface area contributed by atoms with Crippen LogP contribution < -0.4 is 5.32 Å². The molecule has 0 saturated heterocycles. The van der Waals surface area contributed by atoms with E-state index in [0.29, 0.717) is 16.6 Å². The SMILES string of the molecule is CCC(NCc1c(C)noc1C)c1ccc(Cl)cc1Cl. The van der Waals surface area contributed by atoms with Gasteiger partial charge in [0.1, 0.15) is 5.76 Å². The average molecular weight is 313 g/mol. The molecule has 0 bridgehead atoms. The normalized spacial score (nSPS) is 12.7. The number of nitrogens with zero attached hydrogens (tertiary/aromatic N) is 1. The van der Waals surface area contributed by atoms with Crippen molar-refractivity contribution in [2.45, 2.75) is 39.8 Å². The molecule has 1 atom stereocenters. The molecule has 20 heavy (non-hydrogen) atoms. The maximum atomic E-state index is 6.27. The Morgan fingerprint density at radius 2 is 2.05 bits per heavy atom. The largest absolute Gasteiger partial charge is 0.361 e. The van der Waals surface area contributed by atoms with E-state index in [0.717, 1.165) is 29.0 Å². The van der Waals surface area contributed by atoms with Crippen molar-refractivity contribution in [1.82, 2.24) is 10.5 Å². The van der Waals surface area contributed by atoms with Crippen molar-refractivity contribution in [2.24, 2.45) is 0 Å². The molecule has 2 rings (SSSR count). The lowest BCUT2D eigenvalue weighted by molar-refractivity contribution is 0.391. The van der Waals surface area contributed by atoms with Gasteiger partial charge in [0.15, 0.2) is 0 Å². The zero-order chi connectivity index (χ0) is 14.7. The van der Waals surface area contributed by atoms with Gasteiger partial charge in [-0.05, 0) is 38.0 Å². The second kappa shape index (κ2) is 6.61. The Labute approximate surface area is 129 Å². The summed E-state index contributed by atoms with van der Waals surface area (Å²) in [5.41, 5.74) is 3.09. The first-order chi connectivity index (χ1) is 9.52. The Morgan fingerprint density at radius 1 is 1.30 bits per heavy atom. The van der Waals surface area contributed by atoms with Crippen LogP contribution in [0.5, 0.6) is 0 Å². The highest BCUT2D eigenvalue weighted by atomic mass is 35.5. The molecule has 108 valence electrons. The second-order valence-electron chi connectivity index (χ2n) is 4.81. The molecule has 1 aromatic heterocycles. The standard InChI is InChI=1S/C15H18Cl2N2O/c1-4-15(12-6-5-11(16)7-14(12)17)18-8-13-9(2)19-20-10(13)3/h5-7,15,18H,4,8H2,1-3H3. The fourth-order valence-corrected chi connectivity index (χ4v) is 2.78. The molecule has 3 nitrogen and oxygen atoms in total. The summed E-state index contributed by atoms with van der Waals surface area (Å²) in [7, 11) is 0. The number of hydrogen-bond donors (Lipinski definition) is 1. The summed E-state index contributed by atoms with van der Waals surface area (Å²) in [5, 5.41) is 8.81. The summed E-state index contributed by atoms with van der Waals surface area (Å²) < 4.78 is 5.17. The third kappa shape index (κ3) is 3.35. The molecule has 5 heteroatoms. The second-order valence-corrected chi connectivity index (χ2v) is 5.65. The molecule has 0 saturated carbocycles. The number of nitrogens with one attached hydrogen (secondary N) is 1. The first-order valence-electron chi connectivity index (χ1n) is 6.63. The molecular formula is C15H18Cl2N2O. The topological polar surface area (TPSA) is 38.1 Å². The van der Waals surface area contributed by atoms with Gasteiger partial charge in [0.25, 0.3) is 0 Å². The Kier molecular flexibility index (Phi) is 5.08. The van der Waals surface area contributed by atoms with E-state index in [2.05, 4.69) is 17.4 Å². The number of hydrogen-bond acceptors (Lipinski definition) is 3. The molecule has 0 aliphatic carbocycles. The van der Waals surface area contributed by atoms with E-state index in [1.165, 1.54) is 0 Å². The number of benzene rings is 1. The monoisotopic (exact) mass is 312 g/mol. The van der Waals surface area contributed by atoms with E-state index >= 15 is 0 Å². The van der Waals surface area contributed by atoms with Gasteiger partial charge in [-0.1, -0.05) is 41.3 Å². The number of aromatic nitrogens is 1. The summed E-state index contributed by atoms with van der Waals surface area (Å²) in [6, 6.07) is 5.79. The van der Waals surface area contributed by atoms with E-state index < -0.39 is 0 Å². The smallest absolute Gasteiger partial charge is 0.138 e. The zero-order valence-electron chi connectivity index (χ0n) is 11.8. The molecule has 0 aliphatic heterocycles. The maximum absolute atomic E-state index is 6.27. The molecule has 0 aliphatic rings. The lowest BCUT2D eigenvalue weighted by atomic mass is 10.0. The Morgan fingerprint density at radius 3 is 2.60 bits per heavy atom. The minimum absolute atomic E-state index is 0.175. The molecule has 1 heterocycles. The van der Waals surface area contributed by atoms with Gasteiger partial charge in [0, 0.05) is 28.2 Å². The summed E-state index contributed by atoms with van der Waals surface area (Å²) in [4.78, 5) is 0. The van der Waals surface area contributed by atoms with Crippen LogP contribution in [-0.2, 0) is 6.54 Å². The lowest BCUT2D eigenvalue weighted by Gasteiger charge is -2.19. The van der Waals surface area contributed by atoms with Gasteiger partial charge in [-0.3, -0.25) is 0 Å². The van der Waals surface area contributed by atoms with Crippen LogP contribution in [0.3, 0.4) is 0 Å². The van der Waals surface area contributed by atoms with Crippen molar-refractivity contribution in [3.05, 3.63) is 50.8 Å².